The van der Waals surface area contributed by atoms with E-state index in [9.17, 15) is 13.2 Å². The minimum Gasteiger partial charge on any atom is -0.494 e. The van der Waals surface area contributed by atoms with E-state index >= 15 is 0 Å². The van der Waals surface area contributed by atoms with Gasteiger partial charge in [0.15, 0.2) is 9.84 Å². The highest BCUT2D eigenvalue weighted by Gasteiger charge is 2.26. The van der Waals surface area contributed by atoms with Crippen LogP contribution in [0.5, 0.6) is 5.75 Å². The smallest absolute Gasteiger partial charge is 0.222 e. The highest BCUT2D eigenvalue weighted by molar-refractivity contribution is 7.90. The predicted octanol–water partition coefficient (Wildman–Crippen LogP) is 2.01. The lowest BCUT2D eigenvalue weighted by atomic mass is 10.2. The second-order valence-corrected chi connectivity index (χ2v) is 8.18. The van der Waals surface area contributed by atoms with Gasteiger partial charge in [-0.15, -0.1) is 12.4 Å². The van der Waals surface area contributed by atoms with Gasteiger partial charge in [0.05, 0.1) is 11.5 Å². The van der Waals surface area contributed by atoms with E-state index < -0.39 is 9.84 Å². The van der Waals surface area contributed by atoms with Crippen LogP contribution in [0.25, 0.3) is 0 Å². The topological polar surface area (TPSA) is 89.7 Å². The summed E-state index contributed by atoms with van der Waals surface area (Å²) in [5, 5.41) is 0. The molecular weight excluding hydrogens is 364 g/mol. The van der Waals surface area contributed by atoms with Gasteiger partial charge in [-0.3, -0.25) is 4.79 Å². The van der Waals surface area contributed by atoms with Crippen molar-refractivity contribution in [1.29, 1.82) is 0 Å². The molecule has 142 valence electrons. The van der Waals surface area contributed by atoms with E-state index in [4.69, 9.17) is 10.5 Å². The second kappa shape index (κ2) is 9.99. The molecule has 1 amide bonds. The summed E-state index contributed by atoms with van der Waals surface area (Å²) in [6.07, 6.45) is 5.30. The fraction of sp³-hybridized carbons (Fsp3) is 0.588. The van der Waals surface area contributed by atoms with Gasteiger partial charge in [0.1, 0.15) is 5.75 Å². The minimum absolute atomic E-state index is 0. The summed E-state index contributed by atoms with van der Waals surface area (Å²) in [6.45, 7) is 1.87. The lowest BCUT2D eigenvalue weighted by Crippen LogP contribution is -2.39. The number of hydrogen-bond acceptors (Lipinski definition) is 5. The molecule has 0 radical (unpaired) electrons. The molecule has 1 aromatic carbocycles. The lowest BCUT2D eigenvalue weighted by Gasteiger charge is -2.23. The first-order valence-corrected chi connectivity index (χ1v) is 10.2. The largest absolute Gasteiger partial charge is 0.494 e. The van der Waals surface area contributed by atoms with Crippen molar-refractivity contribution >= 4 is 28.2 Å². The van der Waals surface area contributed by atoms with Crippen molar-refractivity contribution in [3.05, 3.63) is 24.3 Å². The summed E-state index contributed by atoms with van der Waals surface area (Å²) in [6, 6.07) is 6.58. The molecule has 2 rings (SSSR count). The van der Waals surface area contributed by atoms with Crippen LogP contribution < -0.4 is 10.5 Å². The van der Waals surface area contributed by atoms with E-state index in [2.05, 4.69) is 0 Å². The zero-order chi connectivity index (χ0) is 17.6. The number of rotatable bonds is 8. The molecule has 0 bridgehead atoms. The Morgan fingerprint density at radius 1 is 1.28 bits per heavy atom. The van der Waals surface area contributed by atoms with E-state index in [0.717, 1.165) is 32.2 Å². The molecule has 0 saturated carbocycles. The number of nitrogens with two attached hydrogens (primary N) is 1. The van der Waals surface area contributed by atoms with E-state index in [1.165, 1.54) is 18.4 Å². The molecule has 1 saturated heterocycles. The number of hydrogen-bond donors (Lipinski definition) is 1. The number of benzene rings is 1. The van der Waals surface area contributed by atoms with Crippen molar-refractivity contribution in [1.82, 2.24) is 4.90 Å². The van der Waals surface area contributed by atoms with Gasteiger partial charge in [0, 0.05) is 31.8 Å². The average Bonchev–Trinajstić information content (AvgIpc) is 3.02. The fourth-order valence-electron chi connectivity index (χ4n) is 2.90. The number of carbonyl (C=O) groups excluding carboxylic acids is 1. The maximum absolute atomic E-state index is 12.2. The molecule has 1 unspecified atom stereocenters. The van der Waals surface area contributed by atoms with E-state index in [0.29, 0.717) is 25.3 Å². The Morgan fingerprint density at radius 2 is 1.96 bits per heavy atom. The number of halogens is 1. The van der Waals surface area contributed by atoms with Gasteiger partial charge in [-0.1, -0.05) is 0 Å². The van der Waals surface area contributed by atoms with Crippen molar-refractivity contribution in [2.24, 2.45) is 5.73 Å². The summed E-state index contributed by atoms with van der Waals surface area (Å²) in [5.41, 5.74) is 5.69. The van der Waals surface area contributed by atoms with Crippen molar-refractivity contribution in [2.45, 2.75) is 43.0 Å². The molecule has 6 nitrogen and oxygen atoms in total. The number of amides is 1. The first kappa shape index (κ1) is 21.7. The van der Waals surface area contributed by atoms with Crippen LogP contribution in [0.2, 0.25) is 0 Å². The lowest BCUT2D eigenvalue weighted by molar-refractivity contribution is -0.132. The van der Waals surface area contributed by atoms with Crippen LogP contribution in [0, 0.1) is 0 Å². The molecule has 8 heteroatoms. The van der Waals surface area contributed by atoms with Crippen LogP contribution in [-0.2, 0) is 14.6 Å². The van der Waals surface area contributed by atoms with Crippen molar-refractivity contribution in [3.63, 3.8) is 0 Å². The molecule has 1 heterocycles. The monoisotopic (exact) mass is 390 g/mol. The normalized spacial score (nSPS) is 17.2. The van der Waals surface area contributed by atoms with Crippen molar-refractivity contribution in [2.75, 3.05) is 26.0 Å². The van der Waals surface area contributed by atoms with Crippen LogP contribution in [0.4, 0.5) is 0 Å². The number of nitrogens with zero attached hydrogens (tertiary/aromatic N) is 1. The van der Waals surface area contributed by atoms with Crippen LogP contribution >= 0.6 is 12.4 Å². The molecule has 1 fully saturated rings. The van der Waals surface area contributed by atoms with Gasteiger partial charge in [0.25, 0.3) is 0 Å². The predicted molar refractivity (Wildman–Crippen MR) is 99.9 cm³/mol. The van der Waals surface area contributed by atoms with Gasteiger partial charge in [-0.05, 0) is 49.9 Å². The quantitative estimate of drug-likeness (QED) is 0.686. The minimum atomic E-state index is -3.18. The van der Waals surface area contributed by atoms with Gasteiger partial charge < -0.3 is 15.4 Å². The first-order chi connectivity index (χ1) is 11.4. The van der Waals surface area contributed by atoms with E-state index in [-0.39, 0.29) is 29.3 Å². The fourth-order valence-corrected chi connectivity index (χ4v) is 3.53. The van der Waals surface area contributed by atoms with Gasteiger partial charge in [-0.25, -0.2) is 8.42 Å². The highest BCUT2D eigenvalue weighted by atomic mass is 35.5. The summed E-state index contributed by atoms with van der Waals surface area (Å²) >= 11 is 0. The number of likely N-dealkylation sites (tertiary alicyclic amines) is 1. The SMILES string of the molecule is CS(=O)(=O)c1ccc(OCCCCC(=O)N2CCCC2CN)cc1.Cl. The zero-order valence-corrected chi connectivity index (χ0v) is 16.2. The first-order valence-electron chi connectivity index (χ1n) is 8.34. The molecule has 1 aliphatic heterocycles. The summed E-state index contributed by atoms with van der Waals surface area (Å²) in [7, 11) is -3.18. The third-order valence-corrected chi connectivity index (χ3v) is 5.40. The van der Waals surface area contributed by atoms with Gasteiger partial charge in [-0.2, -0.15) is 0 Å². The molecule has 1 aliphatic rings. The van der Waals surface area contributed by atoms with Gasteiger partial charge in [0.2, 0.25) is 5.91 Å². The molecule has 25 heavy (non-hydrogen) atoms. The summed E-state index contributed by atoms with van der Waals surface area (Å²) < 4.78 is 28.3. The average molecular weight is 391 g/mol. The number of ether oxygens (including phenoxy) is 1. The van der Waals surface area contributed by atoms with Crippen LogP contribution in [0.1, 0.15) is 32.1 Å². The Kier molecular flexibility index (Phi) is 8.68. The third-order valence-electron chi connectivity index (χ3n) is 4.28. The second-order valence-electron chi connectivity index (χ2n) is 6.17. The summed E-state index contributed by atoms with van der Waals surface area (Å²) in [5.74, 6) is 0.817. The van der Waals surface area contributed by atoms with Crippen molar-refractivity contribution in [3.8, 4) is 5.75 Å². The van der Waals surface area contributed by atoms with E-state index in [1.54, 1.807) is 12.1 Å². The Balaban J connectivity index is 0.00000312. The highest BCUT2D eigenvalue weighted by Crippen LogP contribution is 2.19. The maximum atomic E-state index is 12.2. The molecular formula is C17H27ClN2O4S. The molecule has 1 aromatic rings. The Labute approximate surface area is 156 Å². The molecule has 0 aromatic heterocycles. The van der Waals surface area contributed by atoms with Crippen molar-refractivity contribution < 1.29 is 17.9 Å². The molecule has 0 spiro atoms. The van der Waals surface area contributed by atoms with Crippen LogP contribution in [0.3, 0.4) is 0 Å². The Hall–Kier alpha value is -1.31. The molecule has 2 N–H and O–H groups in total. The third kappa shape index (κ3) is 6.49. The molecule has 1 atom stereocenters. The van der Waals surface area contributed by atoms with Gasteiger partial charge >= 0.3 is 0 Å². The van der Waals surface area contributed by atoms with Crippen LogP contribution in [-0.4, -0.2) is 51.2 Å². The van der Waals surface area contributed by atoms with E-state index in [1.807, 2.05) is 4.90 Å². The zero-order valence-electron chi connectivity index (χ0n) is 14.5. The standard InChI is InChI=1S/C17H26N2O4S.ClH/c1-24(21,22)16-9-7-15(8-10-16)23-12-3-2-6-17(20)19-11-4-5-14(19)13-18;/h7-10,14H,2-6,11-13,18H2,1H3;1H. The maximum Gasteiger partial charge on any atom is 0.222 e. The Bertz CT molecular complexity index is 649. The Morgan fingerprint density at radius 3 is 2.56 bits per heavy atom. The molecule has 0 aliphatic carbocycles. The number of unbranched alkanes of at least 4 members (excludes halogenated alkanes) is 1. The number of carbonyl (C=O) groups is 1. The van der Waals surface area contributed by atoms with Crippen LogP contribution in [0.15, 0.2) is 29.2 Å². The number of sulfone groups is 1. The summed E-state index contributed by atoms with van der Waals surface area (Å²) in [4.78, 5) is 14.3.